The molecule has 5 heteroatoms. The van der Waals surface area contributed by atoms with Crippen LogP contribution in [0.25, 0.3) is 11.7 Å². The standard InChI is InChI=1S/C13H15N3O2/c1-3-7-16(8-4-2)10-12-14-15-13(18-12)11-6-5-9-17-11/h3-6,9H,1-2,7-8,10H2. The van der Waals surface area contributed by atoms with Crippen LogP contribution in [0, 0.1) is 0 Å². The predicted octanol–water partition coefficient (Wildman–Crippen LogP) is 2.50. The van der Waals surface area contributed by atoms with Crippen LogP contribution in [0.5, 0.6) is 0 Å². The van der Waals surface area contributed by atoms with Crippen LogP contribution in [0.3, 0.4) is 0 Å². The van der Waals surface area contributed by atoms with E-state index in [1.165, 1.54) is 0 Å². The fraction of sp³-hybridized carbons (Fsp3) is 0.231. The van der Waals surface area contributed by atoms with Crippen LogP contribution in [0.15, 0.2) is 52.5 Å². The number of nitrogens with zero attached hydrogens (tertiary/aromatic N) is 3. The van der Waals surface area contributed by atoms with E-state index < -0.39 is 0 Å². The maximum Gasteiger partial charge on any atom is 0.283 e. The van der Waals surface area contributed by atoms with Crippen LogP contribution < -0.4 is 0 Å². The second-order valence-corrected chi connectivity index (χ2v) is 3.75. The molecule has 18 heavy (non-hydrogen) atoms. The van der Waals surface area contributed by atoms with Crippen molar-refractivity contribution in [1.29, 1.82) is 0 Å². The molecule has 2 heterocycles. The average Bonchev–Trinajstić information content (AvgIpc) is 2.98. The lowest BCUT2D eigenvalue weighted by atomic mass is 10.4. The van der Waals surface area contributed by atoms with E-state index in [0.717, 1.165) is 13.1 Å². The molecule has 0 fully saturated rings. The minimum Gasteiger partial charge on any atom is -0.459 e. The third-order valence-electron chi connectivity index (χ3n) is 2.33. The summed E-state index contributed by atoms with van der Waals surface area (Å²) in [7, 11) is 0. The van der Waals surface area contributed by atoms with Gasteiger partial charge < -0.3 is 8.83 Å². The van der Waals surface area contributed by atoms with Crippen LogP contribution in [-0.2, 0) is 6.54 Å². The number of aromatic nitrogens is 2. The first kappa shape index (κ1) is 12.3. The Labute approximate surface area is 105 Å². The summed E-state index contributed by atoms with van der Waals surface area (Å²) in [6.45, 7) is 9.47. The maximum atomic E-state index is 5.52. The molecule has 0 radical (unpaired) electrons. The van der Waals surface area contributed by atoms with Gasteiger partial charge in [0.2, 0.25) is 5.89 Å². The molecule has 0 aliphatic carbocycles. The SMILES string of the molecule is C=CCN(CC=C)Cc1nnc(-c2ccco2)o1. The van der Waals surface area contributed by atoms with Crippen molar-refractivity contribution >= 4 is 0 Å². The van der Waals surface area contributed by atoms with Crippen molar-refractivity contribution in [2.75, 3.05) is 13.1 Å². The molecule has 2 aromatic rings. The zero-order valence-electron chi connectivity index (χ0n) is 10.1. The quantitative estimate of drug-likeness (QED) is 0.701. The lowest BCUT2D eigenvalue weighted by Gasteiger charge is -2.15. The van der Waals surface area contributed by atoms with Crippen LogP contribution >= 0.6 is 0 Å². The van der Waals surface area contributed by atoms with Crippen molar-refractivity contribution in [3.05, 3.63) is 49.6 Å². The summed E-state index contributed by atoms with van der Waals surface area (Å²) >= 11 is 0. The Morgan fingerprint density at radius 3 is 2.61 bits per heavy atom. The van der Waals surface area contributed by atoms with Crippen LogP contribution in [0.1, 0.15) is 5.89 Å². The summed E-state index contributed by atoms with van der Waals surface area (Å²) in [5.41, 5.74) is 0. The molecule has 94 valence electrons. The summed E-state index contributed by atoms with van der Waals surface area (Å²) in [6.07, 6.45) is 5.22. The van der Waals surface area contributed by atoms with Gasteiger partial charge in [-0.3, -0.25) is 4.90 Å². The van der Waals surface area contributed by atoms with E-state index in [1.807, 2.05) is 12.2 Å². The zero-order valence-corrected chi connectivity index (χ0v) is 10.1. The molecule has 0 aromatic carbocycles. The Kier molecular flexibility index (Phi) is 4.09. The molecule has 0 unspecified atom stereocenters. The van der Waals surface area contributed by atoms with Gasteiger partial charge in [0.15, 0.2) is 5.76 Å². The summed E-state index contributed by atoms with van der Waals surface area (Å²) in [5.74, 6) is 1.52. The molecule has 0 saturated heterocycles. The monoisotopic (exact) mass is 245 g/mol. The topological polar surface area (TPSA) is 55.3 Å². The molecule has 0 N–H and O–H groups in total. The molecule has 0 spiro atoms. The van der Waals surface area contributed by atoms with Gasteiger partial charge in [-0.05, 0) is 12.1 Å². The maximum absolute atomic E-state index is 5.52. The van der Waals surface area contributed by atoms with Gasteiger partial charge in [-0.25, -0.2) is 0 Å². The molecule has 0 aliphatic rings. The molecular formula is C13H15N3O2. The van der Waals surface area contributed by atoms with E-state index in [4.69, 9.17) is 8.83 Å². The first-order valence-electron chi connectivity index (χ1n) is 5.64. The highest BCUT2D eigenvalue weighted by atomic mass is 16.4. The van der Waals surface area contributed by atoms with Crippen molar-refractivity contribution in [1.82, 2.24) is 15.1 Å². The van der Waals surface area contributed by atoms with Gasteiger partial charge in [0.1, 0.15) is 0 Å². The zero-order chi connectivity index (χ0) is 12.8. The van der Waals surface area contributed by atoms with Crippen LogP contribution in [-0.4, -0.2) is 28.2 Å². The minimum absolute atomic E-state index is 0.396. The number of hydrogen-bond donors (Lipinski definition) is 0. The molecule has 2 aromatic heterocycles. The van der Waals surface area contributed by atoms with E-state index >= 15 is 0 Å². The Hall–Kier alpha value is -2.14. The molecule has 0 atom stereocenters. The van der Waals surface area contributed by atoms with Gasteiger partial charge in [-0.15, -0.1) is 23.4 Å². The number of hydrogen-bond acceptors (Lipinski definition) is 5. The largest absolute Gasteiger partial charge is 0.459 e. The van der Waals surface area contributed by atoms with E-state index in [9.17, 15) is 0 Å². The van der Waals surface area contributed by atoms with Gasteiger partial charge in [-0.1, -0.05) is 12.2 Å². The van der Waals surface area contributed by atoms with Crippen molar-refractivity contribution < 1.29 is 8.83 Å². The van der Waals surface area contributed by atoms with Gasteiger partial charge in [0.25, 0.3) is 5.89 Å². The van der Waals surface area contributed by atoms with Crippen LogP contribution in [0.4, 0.5) is 0 Å². The second-order valence-electron chi connectivity index (χ2n) is 3.75. The lowest BCUT2D eigenvalue weighted by Crippen LogP contribution is -2.23. The van der Waals surface area contributed by atoms with Gasteiger partial charge in [-0.2, -0.15) is 0 Å². The second kappa shape index (κ2) is 5.97. The van der Waals surface area contributed by atoms with Gasteiger partial charge in [0, 0.05) is 13.1 Å². The van der Waals surface area contributed by atoms with Gasteiger partial charge in [0.05, 0.1) is 12.8 Å². The molecule has 0 bridgehead atoms. The normalized spacial score (nSPS) is 10.7. The first-order chi connectivity index (χ1) is 8.83. The fourth-order valence-electron chi connectivity index (χ4n) is 1.58. The van der Waals surface area contributed by atoms with E-state index in [0.29, 0.717) is 24.1 Å². The Balaban J connectivity index is 2.05. The minimum atomic E-state index is 0.396. The van der Waals surface area contributed by atoms with E-state index in [2.05, 4.69) is 28.3 Å². The highest BCUT2D eigenvalue weighted by molar-refractivity contribution is 5.42. The number of rotatable bonds is 7. The predicted molar refractivity (Wildman–Crippen MR) is 67.7 cm³/mol. The fourth-order valence-corrected chi connectivity index (χ4v) is 1.58. The summed E-state index contributed by atoms with van der Waals surface area (Å²) < 4.78 is 10.7. The highest BCUT2D eigenvalue weighted by Crippen LogP contribution is 2.18. The molecular weight excluding hydrogens is 230 g/mol. The summed E-state index contributed by atoms with van der Waals surface area (Å²) in [4.78, 5) is 2.08. The van der Waals surface area contributed by atoms with Crippen molar-refractivity contribution in [3.63, 3.8) is 0 Å². The molecule has 2 rings (SSSR count). The molecule has 5 nitrogen and oxygen atoms in total. The van der Waals surface area contributed by atoms with Crippen molar-refractivity contribution in [3.8, 4) is 11.7 Å². The molecule has 0 aliphatic heterocycles. The van der Waals surface area contributed by atoms with Crippen LogP contribution in [0.2, 0.25) is 0 Å². The number of furan rings is 1. The lowest BCUT2D eigenvalue weighted by molar-refractivity contribution is 0.289. The van der Waals surface area contributed by atoms with E-state index in [-0.39, 0.29) is 0 Å². The van der Waals surface area contributed by atoms with Gasteiger partial charge >= 0.3 is 0 Å². The third-order valence-corrected chi connectivity index (χ3v) is 2.33. The molecule has 0 amide bonds. The Morgan fingerprint density at radius 2 is 2.00 bits per heavy atom. The summed E-state index contributed by atoms with van der Waals surface area (Å²) in [5, 5.41) is 7.93. The molecule has 0 saturated carbocycles. The highest BCUT2D eigenvalue weighted by Gasteiger charge is 2.12. The average molecular weight is 245 g/mol. The van der Waals surface area contributed by atoms with Crippen molar-refractivity contribution in [2.45, 2.75) is 6.54 Å². The Morgan fingerprint density at radius 1 is 1.22 bits per heavy atom. The van der Waals surface area contributed by atoms with E-state index in [1.54, 1.807) is 18.4 Å². The van der Waals surface area contributed by atoms with Crippen molar-refractivity contribution in [2.24, 2.45) is 0 Å². The Bertz CT molecular complexity index is 492. The summed E-state index contributed by atoms with van der Waals surface area (Å²) in [6, 6.07) is 3.56. The first-order valence-corrected chi connectivity index (χ1v) is 5.64. The third kappa shape index (κ3) is 2.95. The smallest absolute Gasteiger partial charge is 0.283 e.